The van der Waals surface area contributed by atoms with Crippen LogP contribution in [-0.4, -0.2) is 103 Å². The van der Waals surface area contributed by atoms with Gasteiger partial charge < -0.3 is 53.6 Å². The zero-order valence-electron chi connectivity index (χ0n) is 26.2. The summed E-state index contributed by atoms with van der Waals surface area (Å²) in [7, 11) is 0. The number of carbonyl (C=O) groups excluding carboxylic acids is 3. The van der Waals surface area contributed by atoms with E-state index >= 15 is 0 Å². The first-order valence-electron chi connectivity index (χ1n) is 15.8. The van der Waals surface area contributed by atoms with Gasteiger partial charge in [-0.1, -0.05) is 20.8 Å². The molecule has 4 aliphatic carbocycles. The van der Waals surface area contributed by atoms with Crippen molar-refractivity contribution >= 4 is 17.9 Å². The molecule has 252 valence electrons. The number of cyclic esters (lactones) is 1. The predicted octanol–water partition coefficient (Wildman–Crippen LogP) is 0.0176. The van der Waals surface area contributed by atoms with Crippen molar-refractivity contribution in [2.45, 2.75) is 119 Å². The molecule has 46 heavy (non-hydrogen) atoms. The molecule has 8 rings (SSSR count). The van der Waals surface area contributed by atoms with E-state index in [-0.39, 0.29) is 25.7 Å². The summed E-state index contributed by atoms with van der Waals surface area (Å²) in [6, 6.07) is 1.56. The predicted molar refractivity (Wildman–Crippen MR) is 148 cm³/mol. The minimum atomic E-state index is -2.62. The summed E-state index contributed by atoms with van der Waals surface area (Å²) in [5.74, 6) is -5.64. The molecule has 4 bridgehead atoms. The Morgan fingerprint density at radius 3 is 2.41 bits per heavy atom. The minimum Gasteiger partial charge on any atom is -0.472 e. The van der Waals surface area contributed by atoms with E-state index in [0.717, 1.165) is 0 Å². The van der Waals surface area contributed by atoms with Crippen LogP contribution >= 0.6 is 0 Å². The van der Waals surface area contributed by atoms with Crippen LogP contribution < -0.4 is 0 Å². The van der Waals surface area contributed by atoms with Gasteiger partial charge in [-0.3, -0.25) is 14.4 Å². The Hall–Kier alpha value is -2.59. The zero-order valence-corrected chi connectivity index (χ0v) is 26.2. The summed E-state index contributed by atoms with van der Waals surface area (Å²) in [6.07, 6.45) is -5.94. The summed E-state index contributed by atoms with van der Waals surface area (Å²) >= 11 is 0. The molecule has 0 amide bonds. The Balaban J connectivity index is 1.46. The Labute approximate surface area is 263 Å². The van der Waals surface area contributed by atoms with Gasteiger partial charge in [0.1, 0.15) is 47.8 Å². The molecule has 7 fully saturated rings. The quantitative estimate of drug-likeness (QED) is 0.211. The van der Waals surface area contributed by atoms with Crippen LogP contribution in [0.4, 0.5) is 0 Å². The average Bonchev–Trinajstić information content (AvgIpc) is 3.79. The van der Waals surface area contributed by atoms with Crippen molar-refractivity contribution in [1.82, 2.24) is 0 Å². The molecular weight excluding hydrogens is 608 g/mol. The standard InChI is InChI=1S/C32H40O14/c1-6-27-10-18-26(5,22(43-14(2)33)16-7-8-41-11-16)20(36)21(37)32(40)28-13-42-19(35)9-17(28)25(4)12-29(28,38)30(39,23(25)44-15(3)34)24(45-27)31(18,32)46-27/h7-8,11,17-18,20-24,36-40H,6,9-10,12-13H2,1-5H3/t17-,18+,20-,21+,22-,23-,24+,25+,26-,27?,28+,29+,30-,31+,32-/m0/s1. The number of hydrogen-bond donors (Lipinski definition) is 5. The molecule has 1 aromatic heterocycles. The Bertz CT molecular complexity index is 1550. The van der Waals surface area contributed by atoms with Crippen LogP contribution in [0.1, 0.15) is 72.0 Å². The van der Waals surface area contributed by atoms with E-state index in [0.29, 0.717) is 5.56 Å². The molecule has 1 unspecified atom stereocenters. The van der Waals surface area contributed by atoms with Gasteiger partial charge in [0.05, 0.1) is 24.0 Å². The fourth-order valence-corrected chi connectivity index (χ4v) is 12.2. The van der Waals surface area contributed by atoms with Gasteiger partial charge in [-0.05, 0) is 24.8 Å². The highest BCUT2D eigenvalue weighted by Gasteiger charge is 3.03. The fourth-order valence-electron chi connectivity index (χ4n) is 12.2. The van der Waals surface area contributed by atoms with Gasteiger partial charge >= 0.3 is 17.9 Å². The second-order valence-corrected chi connectivity index (χ2v) is 15.2. The largest absolute Gasteiger partial charge is 0.472 e. The number of carbonyl (C=O) groups is 3. The van der Waals surface area contributed by atoms with Gasteiger partial charge in [0.15, 0.2) is 11.4 Å². The van der Waals surface area contributed by atoms with Gasteiger partial charge in [0, 0.05) is 49.0 Å². The number of ether oxygens (including phenoxy) is 5. The second-order valence-electron chi connectivity index (χ2n) is 15.2. The van der Waals surface area contributed by atoms with Gasteiger partial charge in [0.2, 0.25) is 0 Å². The maximum Gasteiger partial charge on any atom is 0.306 e. The van der Waals surface area contributed by atoms with Crippen molar-refractivity contribution in [3.05, 3.63) is 24.2 Å². The molecule has 2 spiro atoms. The molecule has 4 heterocycles. The van der Waals surface area contributed by atoms with Crippen LogP contribution in [-0.2, 0) is 38.1 Å². The van der Waals surface area contributed by atoms with Crippen molar-refractivity contribution in [2.24, 2.45) is 28.1 Å². The maximum atomic E-state index is 13.6. The van der Waals surface area contributed by atoms with Gasteiger partial charge in [-0.25, -0.2) is 0 Å². The molecular formula is C32H40O14. The highest BCUT2D eigenvalue weighted by molar-refractivity contribution is 5.73. The van der Waals surface area contributed by atoms with Gasteiger partial charge in [-0.15, -0.1) is 0 Å². The Morgan fingerprint density at radius 1 is 1.09 bits per heavy atom. The molecule has 14 heteroatoms. The van der Waals surface area contributed by atoms with E-state index in [1.54, 1.807) is 26.8 Å². The molecule has 4 saturated carbocycles. The summed E-state index contributed by atoms with van der Waals surface area (Å²) in [4.78, 5) is 38.2. The summed E-state index contributed by atoms with van der Waals surface area (Å²) in [5, 5.41) is 64.6. The fraction of sp³-hybridized carbons (Fsp3) is 0.781. The van der Waals surface area contributed by atoms with E-state index in [9.17, 15) is 39.9 Å². The number of furan rings is 1. The molecule has 7 aliphatic rings. The molecule has 14 nitrogen and oxygen atoms in total. The monoisotopic (exact) mass is 648 g/mol. The summed E-state index contributed by atoms with van der Waals surface area (Å²) < 4.78 is 36.1. The van der Waals surface area contributed by atoms with Crippen molar-refractivity contribution in [2.75, 3.05) is 6.61 Å². The lowest BCUT2D eigenvalue weighted by atomic mass is 9.32. The SMILES string of the molecule is CCC12C[C@@H]3[C@](C)([C@@H](OC(C)=O)c4ccoc4)[C@@H](O)[C@@H](O)[C@@]4(O)[C@]3(O1)[C@H](O2)[C@@]1(O)[C@@H](OC(C)=O)[C@]2(C)C[C@@]1(O)[C@]41COC(=O)C[C@@H]21. The number of esters is 3. The third-order valence-electron chi connectivity index (χ3n) is 13.7. The number of hydrogen-bond acceptors (Lipinski definition) is 14. The van der Waals surface area contributed by atoms with Crippen molar-refractivity contribution < 1.29 is 68.0 Å². The highest BCUT2D eigenvalue weighted by atomic mass is 16.8. The lowest BCUT2D eigenvalue weighted by Crippen LogP contribution is -2.97. The average molecular weight is 649 g/mol. The van der Waals surface area contributed by atoms with E-state index < -0.39 is 111 Å². The third kappa shape index (κ3) is 2.73. The van der Waals surface area contributed by atoms with Gasteiger partial charge in [-0.2, -0.15) is 0 Å². The van der Waals surface area contributed by atoms with Crippen molar-refractivity contribution in [1.29, 1.82) is 0 Å². The van der Waals surface area contributed by atoms with Crippen LogP contribution in [0.2, 0.25) is 0 Å². The van der Waals surface area contributed by atoms with Crippen LogP contribution in [0.15, 0.2) is 23.0 Å². The number of aliphatic hydroxyl groups is 5. The molecule has 1 aromatic rings. The highest BCUT2D eigenvalue weighted by Crippen LogP contribution is 2.87. The second kappa shape index (κ2) is 8.52. The first kappa shape index (κ1) is 30.7. The minimum absolute atomic E-state index is 0.0166. The van der Waals surface area contributed by atoms with Crippen molar-refractivity contribution in [3.8, 4) is 0 Å². The molecule has 5 N–H and O–H groups in total. The van der Waals surface area contributed by atoms with Crippen LogP contribution in [0.3, 0.4) is 0 Å². The summed E-state index contributed by atoms with van der Waals surface area (Å²) in [5.41, 5.74) is -14.2. The van der Waals surface area contributed by atoms with Crippen molar-refractivity contribution in [3.63, 3.8) is 0 Å². The maximum absolute atomic E-state index is 13.6. The van der Waals surface area contributed by atoms with E-state index in [4.69, 9.17) is 28.1 Å². The van der Waals surface area contributed by atoms with Gasteiger partial charge in [0.25, 0.3) is 0 Å². The molecule has 15 atom stereocenters. The zero-order chi connectivity index (χ0) is 33.3. The first-order chi connectivity index (χ1) is 21.4. The van der Waals surface area contributed by atoms with Crippen LogP contribution in [0.25, 0.3) is 0 Å². The Kier molecular flexibility index (Phi) is 5.69. The van der Waals surface area contributed by atoms with Crippen LogP contribution in [0.5, 0.6) is 0 Å². The first-order valence-corrected chi connectivity index (χ1v) is 15.8. The lowest BCUT2D eigenvalue weighted by Gasteiger charge is -2.77. The Morgan fingerprint density at radius 2 is 1.80 bits per heavy atom. The molecule has 3 aliphatic heterocycles. The van der Waals surface area contributed by atoms with E-state index in [1.807, 2.05) is 0 Å². The number of fused-ring (bicyclic) bond motifs is 4. The topological polar surface area (TPSA) is 212 Å². The van der Waals surface area contributed by atoms with Crippen LogP contribution in [0, 0.1) is 28.1 Å². The lowest BCUT2D eigenvalue weighted by molar-refractivity contribution is -0.450. The molecule has 0 aromatic carbocycles. The van der Waals surface area contributed by atoms with E-state index in [1.165, 1.54) is 26.4 Å². The normalized spacial score (nSPS) is 56.2. The number of rotatable bonds is 5. The summed E-state index contributed by atoms with van der Waals surface area (Å²) in [6.45, 7) is 6.79. The third-order valence-corrected chi connectivity index (χ3v) is 13.7. The smallest absolute Gasteiger partial charge is 0.306 e. The molecule has 3 saturated heterocycles. The van der Waals surface area contributed by atoms with E-state index in [2.05, 4.69) is 0 Å². The molecule has 0 radical (unpaired) electrons. The number of aliphatic hydroxyl groups excluding tert-OH is 2.